The predicted molar refractivity (Wildman–Crippen MR) is 132 cm³/mol. The van der Waals surface area contributed by atoms with E-state index in [1.54, 1.807) is 16.4 Å². The van der Waals surface area contributed by atoms with Gasteiger partial charge in [-0.15, -0.1) is 0 Å². The molecule has 2 aliphatic rings. The lowest BCUT2D eigenvalue weighted by molar-refractivity contribution is -0.133. The number of carbonyl (C=O) groups is 3. The normalized spacial score (nSPS) is 19.6. The Morgan fingerprint density at radius 3 is 2.51 bits per heavy atom. The van der Waals surface area contributed by atoms with Crippen molar-refractivity contribution in [2.45, 2.75) is 78.1 Å². The van der Waals surface area contributed by atoms with Gasteiger partial charge in [-0.25, -0.2) is 4.98 Å². The first-order valence-electron chi connectivity index (χ1n) is 12.3. The van der Waals surface area contributed by atoms with Gasteiger partial charge in [0.1, 0.15) is 11.2 Å². The number of carbonyl (C=O) groups excluding carboxylic acids is 3. The van der Waals surface area contributed by atoms with Gasteiger partial charge in [0.2, 0.25) is 5.91 Å². The Hall–Kier alpha value is -3.20. The minimum absolute atomic E-state index is 0.0125. The number of benzene rings is 1. The highest BCUT2D eigenvalue weighted by molar-refractivity contribution is 6.11. The fraction of sp³-hybridized carbons (Fsp3) is 0.538. The Morgan fingerprint density at radius 2 is 1.89 bits per heavy atom. The Morgan fingerprint density at radius 1 is 1.20 bits per heavy atom. The van der Waals surface area contributed by atoms with Crippen LogP contribution in [0.4, 0.5) is 5.69 Å². The Bertz CT molecular complexity index is 1120. The lowest BCUT2D eigenvalue weighted by Crippen LogP contribution is -2.64. The highest BCUT2D eigenvalue weighted by Crippen LogP contribution is 2.39. The van der Waals surface area contributed by atoms with Crippen LogP contribution in [0.25, 0.3) is 0 Å². The third kappa shape index (κ3) is 5.24. The van der Waals surface area contributed by atoms with Gasteiger partial charge in [-0.05, 0) is 77.1 Å². The molecule has 1 fully saturated rings. The summed E-state index contributed by atoms with van der Waals surface area (Å²) in [7, 11) is 0. The monoisotopic (exact) mass is 481 g/mol. The van der Waals surface area contributed by atoms with Crippen LogP contribution in [0.5, 0.6) is 0 Å². The van der Waals surface area contributed by atoms with Gasteiger partial charge in [0.15, 0.2) is 5.69 Å². The Kier molecular flexibility index (Phi) is 6.98. The number of amides is 3. The molecule has 1 aromatic heterocycles. The second-order valence-electron chi connectivity index (χ2n) is 10.1. The largest absolute Gasteiger partial charge is 0.379 e. The van der Waals surface area contributed by atoms with Crippen LogP contribution in [0.15, 0.2) is 24.5 Å². The van der Waals surface area contributed by atoms with Crippen LogP contribution in [0, 0.1) is 13.8 Å². The fourth-order valence-electron chi connectivity index (χ4n) is 4.74. The summed E-state index contributed by atoms with van der Waals surface area (Å²) in [5, 5.41) is 5.85. The number of imidazole rings is 1. The molecule has 35 heavy (non-hydrogen) atoms. The molecule has 9 nitrogen and oxygen atoms in total. The molecule has 0 unspecified atom stereocenters. The van der Waals surface area contributed by atoms with Crippen LogP contribution in [0.1, 0.15) is 72.1 Å². The molecular formula is C26H35N5O4. The van der Waals surface area contributed by atoms with Gasteiger partial charge in [0.05, 0.1) is 19.0 Å². The molecule has 2 N–H and O–H groups in total. The first kappa shape index (κ1) is 24.9. The molecule has 188 valence electrons. The maximum absolute atomic E-state index is 13.7. The van der Waals surface area contributed by atoms with E-state index in [4.69, 9.17) is 4.74 Å². The molecule has 0 spiro atoms. The van der Waals surface area contributed by atoms with E-state index < -0.39 is 11.4 Å². The van der Waals surface area contributed by atoms with Crippen molar-refractivity contribution in [2.24, 2.45) is 0 Å². The van der Waals surface area contributed by atoms with E-state index in [-0.39, 0.29) is 41.9 Å². The van der Waals surface area contributed by atoms with Gasteiger partial charge in [0, 0.05) is 24.9 Å². The highest BCUT2D eigenvalue weighted by atomic mass is 16.5. The predicted octanol–water partition coefficient (Wildman–Crippen LogP) is 3.06. The van der Waals surface area contributed by atoms with Crippen LogP contribution in [-0.2, 0) is 16.1 Å². The number of nitrogens with zero attached hydrogens (tertiary/aromatic N) is 3. The molecule has 1 aliphatic carbocycles. The third-order valence-corrected chi connectivity index (χ3v) is 6.42. The number of fused-ring (bicyclic) bond motifs is 1. The summed E-state index contributed by atoms with van der Waals surface area (Å²) < 4.78 is 7.18. The zero-order valence-corrected chi connectivity index (χ0v) is 21.2. The van der Waals surface area contributed by atoms with E-state index >= 15 is 0 Å². The first-order valence-corrected chi connectivity index (χ1v) is 12.3. The van der Waals surface area contributed by atoms with E-state index in [1.807, 2.05) is 45.9 Å². The minimum Gasteiger partial charge on any atom is -0.379 e. The highest BCUT2D eigenvalue weighted by Gasteiger charge is 2.53. The van der Waals surface area contributed by atoms with E-state index in [0.717, 1.165) is 24.0 Å². The smallest absolute Gasteiger partial charge is 0.276 e. The molecule has 2 heterocycles. The molecule has 9 heteroatoms. The summed E-state index contributed by atoms with van der Waals surface area (Å²) in [4.78, 5) is 46.1. The van der Waals surface area contributed by atoms with Gasteiger partial charge >= 0.3 is 0 Å². The summed E-state index contributed by atoms with van der Waals surface area (Å²) in [5.41, 5.74) is 1.96. The van der Waals surface area contributed by atoms with Crippen molar-refractivity contribution in [1.82, 2.24) is 19.8 Å². The number of nitrogens with one attached hydrogen (secondary N) is 2. The Labute approximate surface area is 206 Å². The van der Waals surface area contributed by atoms with Crippen LogP contribution < -0.4 is 10.6 Å². The number of anilines is 1. The molecule has 1 aromatic carbocycles. The molecule has 0 saturated heterocycles. The van der Waals surface area contributed by atoms with Gasteiger partial charge in [-0.1, -0.05) is 6.07 Å². The van der Waals surface area contributed by atoms with Crippen LogP contribution in [0.2, 0.25) is 0 Å². The van der Waals surface area contributed by atoms with Crippen molar-refractivity contribution in [2.75, 3.05) is 18.5 Å². The average Bonchev–Trinajstić information content (AvgIpc) is 3.50. The maximum atomic E-state index is 13.7. The van der Waals surface area contributed by atoms with E-state index in [9.17, 15) is 14.4 Å². The number of rotatable bonds is 9. The van der Waals surface area contributed by atoms with Crippen molar-refractivity contribution in [3.05, 3.63) is 47.0 Å². The van der Waals surface area contributed by atoms with Crippen molar-refractivity contribution in [3.63, 3.8) is 0 Å². The van der Waals surface area contributed by atoms with Gasteiger partial charge < -0.3 is 24.8 Å². The lowest BCUT2D eigenvalue weighted by atomic mass is 9.94. The van der Waals surface area contributed by atoms with Gasteiger partial charge in [0.25, 0.3) is 11.8 Å². The summed E-state index contributed by atoms with van der Waals surface area (Å²) in [6, 6.07) is 5.76. The molecule has 0 radical (unpaired) electrons. The average molecular weight is 482 g/mol. The summed E-state index contributed by atoms with van der Waals surface area (Å²) >= 11 is 0. The van der Waals surface area contributed by atoms with Crippen molar-refractivity contribution in [1.29, 1.82) is 0 Å². The molecule has 3 amide bonds. The summed E-state index contributed by atoms with van der Waals surface area (Å²) in [6.45, 7) is 10.9. The maximum Gasteiger partial charge on any atom is 0.276 e. The van der Waals surface area contributed by atoms with Gasteiger partial charge in [-0.2, -0.15) is 0 Å². The first-order chi connectivity index (χ1) is 16.6. The number of hydrogen-bond donors (Lipinski definition) is 2. The van der Waals surface area contributed by atoms with E-state index in [1.165, 1.54) is 6.33 Å². The van der Waals surface area contributed by atoms with Crippen LogP contribution >= 0.6 is 0 Å². The van der Waals surface area contributed by atoms with E-state index in [0.29, 0.717) is 25.3 Å². The molecule has 1 saturated carbocycles. The van der Waals surface area contributed by atoms with Crippen LogP contribution in [-0.4, -0.2) is 63.0 Å². The topological polar surface area (TPSA) is 106 Å². The third-order valence-electron chi connectivity index (χ3n) is 6.42. The van der Waals surface area contributed by atoms with E-state index in [2.05, 4.69) is 15.6 Å². The lowest BCUT2D eigenvalue weighted by Gasteiger charge is -2.44. The molecule has 1 atom stereocenters. The van der Waals surface area contributed by atoms with Crippen molar-refractivity contribution < 1.29 is 19.1 Å². The summed E-state index contributed by atoms with van der Waals surface area (Å²) in [5.74, 6) is -0.975. The fourth-order valence-corrected chi connectivity index (χ4v) is 4.74. The molecular weight excluding hydrogens is 446 g/mol. The van der Waals surface area contributed by atoms with Crippen molar-refractivity contribution in [3.8, 4) is 0 Å². The minimum atomic E-state index is -1.06. The Balaban J connectivity index is 1.53. The number of aromatic nitrogens is 2. The zero-order valence-electron chi connectivity index (χ0n) is 21.2. The number of hydrogen-bond acceptors (Lipinski definition) is 5. The van der Waals surface area contributed by atoms with Crippen molar-refractivity contribution >= 4 is 23.4 Å². The summed E-state index contributed by atoms with van der Waals surface area (Å²) in [6.07, 6.45) is 4.00. The quantitative estimate of drug-likeness (QED) is 0.536. The second-order valence-corrected chi connectivity index (χ2v) is 10.1. The molecule has 4 rings (SSSR count). The number of ether oxygens (including phenoxy) is 1. The molecule has 0 bridgehead atoms. The zero-order chi connectivity index (χ0) is 25.3. The van der Waals surface area contributed by atoms with Crippen LogP contribution in [0.3, 0.4) is 0 Å². The standard InChI is InChI=1S/C26H35N5O4/c1-16(2)35-10-6-9-27-25(34)26(5)14-30-15-28-21(22(30)24(33)31(26)20-7-8-20)23(32)29-19-12-17(3)11-18(4)13-19/h11-13,15-16,20H,6-10,14H2,1-5H3,(H,27,34)(H,29,32)/t26-/m0/s1. The molecule has 1 aliphatic heterocycles. The molecule has 2 aromatic rings. The number of aryl methyl sites for hydroxylation is 2. The SMILES string of the molecule is Cc1cc(C)cc(NC(=O)c2ncn3c2C(=O)N(C2CC2)[C@](C)(C(=O)NCCCOC(C)C)C3)c1. The second kappa shape index (κ2) is 9.81. The van der Waals surface area contributed by atoms with Gasteiger partial charge in [-0.3, -0.25) is 14.4 Å².